The zero-order valence-electron chi connectivity index (χ0n) is 8.77. The summed E-state index contributed by atoms with van der Waals surface area (Å²) in [7, 11) is 0. The minimum absolute atomic E-state index is 0.0976. The molecule has 1 rings (SSSR count). The van der Waals surface area contributed by atoms with Crippen molar-refractivity contribution < 1.29 is 13.2 Å². The predicted octanol–water partition coefficient (Wildman–Crippen LogP) is 2.92. The van der Waals surface area contributed by atoms with Crippen molar-refractivity contribution in [3.8, 4) is 0 Å². The molecule has 0 aliphatic rings. The van der Waals surface area contributed by atoms with Crippen molar-refractivity contribution in [1.82, 2.24) is 4.98 Å². The minimum Gasteiger partial charge on any atom is -0.326 e. The third-order valence-electron chi connectivity index (χ3n) is 1.84. The minimum atomic E-state index is -4.38. The van der Waals surface area contributed by atoms with E-state index in [4.69, 9.17) is 5.73 Å². The zero-order valence-corrected chi connectivity index (χ0v) is 9.59. The van der Waals surface area contributed by atoms with E-state index in [1.807, 2.05) is 20.8 Å². The van der Waals surface area contributed by atoms with E-state index < -0.39 is 16.6 Å². The first-order valence-corrected chi connectivity index (χ1v) is 5.25. The molecule has 0 aliphatic carbocycles. The van der Waals surface area contributed by atoms with Gasteiger partial charge in [-0.25, -0.2) is 4.98 Å². The molecule has 1 aromatic heterocycles. The quantitative estimate of drug-likeness (QED) is 0.817. The molecule has 0 amide bonds. The largest absolute Gasteiger partial charge is 0.443 e. The smallest absolute Gasteiger partial charge is 0.326 e. The number of aromatic nitrogens is 1. The van der Waals surface area contributed by atoms with Crippen molar-refractivity contribution in [2.75, 3.05) is 0 Å². The number of rotatable bonds is 1. The van der Waals surface area contributed by atoms with Crippen molar-refractivity contribution in [3.63, 3.8) is 0 Å². The molecule has 0 unspecified atom stereocenters. The van der Waals surface area contributed by atoms with Gasteiger partial charge in [0, 0.05) is 16.8 Å². The van der Waals surface area contributed by atoms with Gasteiger partial charge in [0.15, 0.2) is 5.01 Å². The molecule has 0 atom stereocenters. The zero-order chi connectivity index (χ0) is 11.9. The summed E-state index contributed by atoms with van der Waals surface area (Å²) < 4.78 is 37.2. The predicted molar refractivity (Wildman–Crippen MR) is 53.7 cm³/mol. The maximum absolute atomic E-state index is 12.4. The Labute approximate surface area is 90.3 Å². The van der Waals surface area contributed by atoms with Crippen LogP contribution in [0.3, 0.4) is 0 Å². The molecule has 0 aliphatic heterocycles. The Balaban J connectivity index is 3.24. The number of hydrogen-bond acceptors (Lipinski definition) is 3. The fourth-order valence-electron chi connectivity index (χ4n) is 1.20. The highest BCUT2D eigenvalue weighted by Crippen LogP contribution is 2.37. The van der Waals surface area contributed by atoms with Crippen LogP contribution in [0.1, 0.15) is 36.3 Å². The lowest BCUT2D eigenvalue weighted by Crippen LogP contribution is -2.16. The van der Waals surface area contributed by atoms with Crippen molar-refractivity contribution >= 4 is 11.3 Å². The highest BCUT2D eigenvalue weighted by Gasteiger charge is 2.37. The Morgan fingerprint density at radius 2 is 1.80 bits per heavy atom. The van der Waals surface area contributed by atoms with Gasteiger partial charge in [0.2, 0.25) is 0 Å². The highest BCUT2D eigenvalue weighted by molar-refractivity contribution is 7.11. The number of thiazole rings is 1. The Hall–Kier alpha value is -0.620. The first kappa shape index (κ1) is 12.4. The fourth-order valence-corrected chi connectivity index (χ4v) is 2.22. The third-order valence-corrected chi connectivity index (χ3v) is 2.96. The number of alkyl halides is 3. The van der Waals surface area contributed by atoms with Crippen LogP contribution in [0.5, 0.6) is 0 Å². The van der Waals surface area contributed by atoms with E-state index >= 15 is 0 Å². The van der Waals surface area contributed by atoms with Crippen LogP contribution in [0, 0.1) is 0 Å². The number of hydrogen-bond donors (Lipinski definition) is 1. The van der Waals surface area contributed by atoms with Crippen molar-refractivity contribution in [1.29, 1.82) is 0 Å². The molecular weight excluding hydrogens is 225 g/mol. The molecule has 0 saturated carbocycles. The van der Waals surface area contributed by atoms with Crippen molar-refractivity contribution in [2.24, 2.45) is 5.73 Å². The van der Waals surface area contributed by atoms with Gasteiger partial charge in [-0.3, -0.25) is 0 Å². The van der Waals surface area contributed by atoms with Crippen LogP contribution in [0.25, 0.3) is 0 Å². The number of nitrogens with two attached hydrogens (primary N) is 1. The molecule has 6 heteroatoms. The molecule has 0 aromatic carbocycles. The summed E-state index contributed by atoms with van der Waals surface area (Å²) in [4.78, 5) is 4.15. The maximum Gasteiger partial charge on any atom is 0.443 e. The number of nitrogens with zero attached hydrogens (tertiary/aromatic N) is 1. The molecule has 0 fully saturated rings. The molecule has 0 saturated heterocycles. The van der Waals surface area contributed by atoms with Crippen LogP contribution in [-0.4, -0.2) is 4.98 Å². The molecular formula is C9H13F3N2S. The van der Waals surface area contributed by atoms with Gasteiger partial charge in [-0.2, -0.15) is 13.2 Å². The summed E-state index contributed by atoms with van der Waals surface area (Å²) in [5.41, 5.74) is 5.45. The average molecular weight is 238 g/mol. The van der Waals surface area contributed by atoms with E-state index in [0.717, 1.165) is 0 Å². The van der Waals surface area contributed by atoms with E-state index in [1.54, 1.807) is 0 Å². The Morgan fingerprint density at radius 3 is 2.07 bits per heavy atom. The van der Waals surface area contributed by atoms with Crippen LogP contribution in [0.4, 0.5) is 13.2 Å². The van der Waals surface area contributed by atoms with Gasteiger partial charge in [-0.1, -0.05) is 20.8 Å². The van der Waals surface area contributed by atoms with Gasteiger partial charge >= 0.3 is 6.18 Å². The van der Waals surface area contributed by atoms with Crippen LogP contribution < -0.4 is 5.73 Å². The molecule has 0 spiro atoms. The van der Waals surface area contributed by atoms with E-state index in [9.17, 15) is 13.2 Å². The summed E-state index contributed by atoms with van der Waals surface area (Å²) in [5.74, 6) is 0. The monoisotopic (exact) mass is 238 g/mol. The topological polar surface area (TPSA) is 38.9 Å². The van der Waals surface area contributed by atoms with Gasteiger partial charge in [0.1, 0.15) is 0 Å². The summed E-state index contributed by atoms with van der Waals surface area (Å²) in [6.07, 6.45) is -4.38. The first-order valence-electron chi connectivity index (χ1n) is 4.43. The summed E-state index contributed by atoms with van der Waals surface area (Å²) in [6.45, 7) is 5.56. The molecule has 1 heterocycles. The normalized spacial score (nSPS) is 13.3. The van der Waals surface area contributed by atoms with E-state index in [0.29, 0.717) is 21.9 Å². The second kappa shape index (κ2) is 3.75. The highest BCUT2D eigenvalue weighted by atomic mass is 32.1. The van der Waals surface area contributed by atoms with Crippen LogP contribution in [-0.2, 0) is 18.1 Å². The van der Waals surface area contributed by atoms with Crippen LogP contribution in [0.2, 0.25) is 0 Å². The van der Waals surface area contributed by atoms with Crippen LogP contribution in [0.15, 0.2) is 0 Å². The van der Waals surface area contributed by atoms with Gasteiger partial charge in [0.05, 0.1) is 5.69 Å². The number of halogens is 3. The Bertz CT molecular complexity index is 349. The summed E-state index contributed by atoms with van der Waals surface area (Å²) in [5, 5.41) is -0.812. The lowest BCUT2D eigenvalue weighted by atomic mass is 9.91. The lowest BCUT2D eigenvalue weighted by molar-refractivity contribution is -0.137. The Kier molecular flexibility index (Phi) is 3.11. The Morgan fingerprint density at radius 1 is 1.27 bits per heavy atom. The second-order valence-electron chi connectivity index (χ2n) is 4.24. The average Bonchev–Trinajstić information content (AvgIpc) is 2.44. The van der Waals surface area contributed by atoms with E-state index in [2.05, 4.69) is 4.98 Å². The molecule has 2 N–H and O–H groups in total. The molecule has 2 nitrogen and oxygen atoms in total. The van der Waals surface area contributed by atoms with Gasteiger partial charge in [-0.05, 0) is 0 Å². The standard InChI is InChI=1S/C9H13F3N2S/c1-8(2,3)6-5(4-13)15-7(14-6)9(10,11)12/h4,13H2,1-3H3. The van der Waals surface area contributed by atoms with Gasteiger partial charge in [0.25, 0.3) is 0 Å². The first-order chi connectivity index (χ1) is 6.66. The van der Waals surface area contributed by atoms with Gasteiger partial charge in [-0.15, -0.1) is 11.3 Å². The van der Waals surface area contributed by atoms with Crippen molar-refractivity contribution in [2.45, 2.75) is 38.9 Å². The molecule has 86 valence electrons. The summed E-state index contributed by atoms with van der Waals surface area (Å²) >= 11 is 0.632. The molecule has 0 radical (unpaired) electrons. The second-order valence-corrected chi connectivity index (χ2v) is 5.33. The van der Waals surface area contributed by atoms with E-state index in [1.165, 1.54) is 0 Å². The SMILES string of the molecule is CC(C)(C)c1nc(C(F)(F)F)sc1CN. The third kappa shape index (κ3) is 2.69. The van der Waals surface area contributed by atoms with E-state index in [-0.39, 0.29) is 6.54 Å². The van der Waals surface area contributed by atoms with Crippen molar-refractivity contribution in [3.05, 3.63) is 15.6 Å². The molecule has 0 bridgehead atoms. The van der Waals surface area contributed by atoms with Crippen LogP contribution >= 0.6 is 11.3 Å². The lowest BCUT2D eigenvalue weighted by Gasteiger charge is -2.16. The molecule has 1 aromatic rings. The summed E-state index contributed by atoms with van der Waals surface area (Å²) in [6, 6.07) is 0. The fraction of sp³-hybridized carbons (Fsp3) is 0.667. The van der Waals surface area contributed by atoms with Gasteiger partial charge < -0.3 is 5.73 Å². The maximum atomic E-state index is 12.4. The molecule has 15 heavy (non-hydrogen) atoms.